The predicted octanol–water partition coefficient (Wildman–Crippen LogP) is -2.71. The number of carbonyl (C=O) groups is 6. The Kier molecular flexibility index (Phi) is 11.1. The largest absolute Gasteiger partial charge is 0.473 e. The van der Waals surface area contributed by atoms with Gasteiger partial charge in [-0.1, -0.05) is 0 Å². The van der Waals surface area contributed by atoms with Gasteiger partial charge in [0.25, 0.3) is 0 Å². The van der Waals surface area contributed by atoms with E-state index in [1.165, 1.54) is 0 Å². The molecule has 10 nitrogen and oxygen atoms in total. The fraction of sp³-hybridized carbons (Fsp3) is 0. The van der Waals surface area contributed by atoms with Crippen molar-refractivity contribution in [1.29, 1.82) is 0 Å². The van der Waals surface area contributed by atoms with Crippen molar-refractivity contribution in [2.24, 2.45) is 0 Å². The molecular formula is C6H2Cu2O10. The quantitative estimate of drug-likeness (QED) is 0.201. The molecule has 2 N–H and O–H groups in total. The van der Waals surface area contributed by atoms with Crippen LogP contribution in [-0.4, -0.2) is 46.0 Å². The second-order valence-corrected chi connectivity index (χ2v) is 1.96. The zero-order chi connectivity index (χ0) is 12.9. The standard InChI is InChI=1S/C6H2O10.2Cu/c7-1(8)3(11)15-5(13)6(14)16-4(12)2(9)10;;/h(H,7,8)(H,9,10);;. The summed E-state index contributed by atoms with van der Waals surface area (Å²) in [6, 6.07) is 0. The molecule has 12 heteroatoms. The maximum absolute atomic E-state index is 10.5. The molecule has 0 bridgehead atoms. The third kappa shape index (κ3) is 7.52. The number of hydrogen-bond donors (Lipinski definition) is 2. The van der Waals surface area contributed by atoms with Gasteiger partial charge in [0.2, 0.25) is 0 Å². The maximum atomic E-state index is 10.5. The number of carboxylic acid groups (broad SMARTS) is 2. The molecule has 0 aromatic carbocycles. The van der Waals surface area contributed by atoms with Crippen LogP contribution in [0.4, 0.5) is 0 Å². The Balaban J connectivity index is -0.00000112. The first-order chi connectivity index (χ1) is 7.25. The van der Waals surface area contributed by atoms with E-state index in [9.17, 15) is 28.8 Å². The average molecular weight is 361 g/mol. The number of aliphatic carboxylic acids is 2. The van der Waals surface area contributed by atoms with Gasteiger partial charge in [-0.15, -0.1) is 0 Å². The summed E-state index contributed by atoms with van der Waals surface area (Å²) in [5.41, 5.74) is 0. The minimum absolute atomic E-state index is 0. The van der Waals surface area contributed by atoms with E-state index in [1.54, 1.807) is 0 Å². The van der Waals surface area contributed by atoms with Crippen molar-refractivity contribution in [3.8, 4) is 0 Å². The van der Waals surface area contributed by atoms with Crippen LogP contribution in [0.1, 0.15) is 0 Å². The zero-order valence-electron chi connectivity index (χ0n) is 7.76. The van der Waals surface area contributed by atoms with Crippen molar-refractivity contribution < 1.29 is 82.6 Å². The molecule has 0 amide bonds. The van der Waals surface area contributed by atoms with Gasteiger partial charge in [0.15, 0.2) is 0 Å². The minimum Gasteiger partial charge on any atom is -0.473 e. The average Bonchev–Trinajstić information content (AvgIpc) is 2.16. The van der Waals surface area contributed by atoms with Crippen LogP contribution in [0.15, 0.2) is 0 Å². The molecular weight excluding hydrogens is 359 g/mol. The molecule has 0 aromatic heterocycles. The Morgan fingerprint density at radius 3 is 0.944 bits per heavy atom. The van der Waals surface area contributed by atoms with E-state index >= 15 is 0 Å². The molecule has 0 aliphatic rings. The molecule has 108 valence electrons. The molecule has 0 saturated carbocycles. The number of hydrogen-bond acceptors (Lipinski definition) is 8. The Labute approximate surface area is 119 Å². The molecule has 0 aromatic rings. The summed E-state index contributed by atoms with van der Waals surface area (Å²) in [7, 11) is 0. The first kappa shape index (κ1) is 21.5. The number of ether oxygens (including phenoxy) is 2. The van der Waals surface area contributed by atoms with Crippen molar-refractivity contribution >= 4 is 35.8 Å². The summed E-state index contributed by atoms with van der Waals surface area (Å²) in [5.74, 6) is -12.7. The van der Waals surface area contributed by atoms with Crippen molar-refractivity contribution in [2.75, 3.05) is 0 Å². The van der Waals surface area contributed by atoms with Crippen molar-refractivity contribution in [3.63, 3.8) is 0 Å². The second-order valence-electron chi connectivity index (χ2n) is 1.96. The summed E-state index contributed by atoms with van der Waals surface area (Å²) in [4.78, 5) is 61.1. The van der Waals surface area contributed by atoms with E-state index in [0.717, 1.165) is 0 Å². The van der Waals surface area contributed by atoms with Gasteiger partial charge in [-0.3, -0.25) is 0 Å². The van der Waals surface area contributed by atoms with E-state index in [0.29, 0.717) is 0 Å². The molecule has 0 spiro atoms. The first-order valence-electron chi connectivity index (χ1n) is 3.24. The Morgan fingerprint density at radius 1 is 0.556 bits per heavy atom. The van der Waals surface area contributed by atoms with Crippen LogP contribution in [-0.2, 0) is 72.4 Å². The fourth-order valence-electron chi connectivity index (χ4n) is 0.339. The number of carbonyl (C=O) groups excluding carboxylic acids is 4. The number of esters is 4. The van der Waals surface area contributed by atoms with Gasteiger partial charge in [-0.25, -0.2) is 28.8 Å². The minimum atomic E-state index is -2.16. The Morgan fingerprint density at radius 2 is 0.778 bits per heavy atom. The first-order valence-corrected chi connectivity index (χ1v) is 3.24. The van der Waals surface area contributed by atoms with Crippen LogP contribution < -0.4 is 0 Å². The molecule has 2 radical (unpaired) electrons. The van der Waals surface area contributed by atoms with Crippen LogP contribution >= 0.6 is 0 Å². The third-order valence-corrected chi connectivity index (χ3v) is 0.887. The maximum Gasteiger partial charge on any atom is 0.426 e. The molecule has 0 aliphatic heterocycles. The summed E-state index contributed by atoms with van der Waals surface area (Å²) in [6.45, 7) is 0. The van der Waals surface area contributed by atoms with Gasteiger partial charge in [-0.05, 0) is 0 Å². The molecule has 0 rings (SSSR count). The monoisotopic (exact) mass is 360 g/mol. The van der Waals surface area contributed by atoms with Crippen molar-refractivity contribution in [3.05, 3.63) is 0 Å². The van der Waals surface area contributed by atoms with Gasteiger partial charge >= 0.3 is 35.8 Å². The van der Waals surface area contributed by atoms with Crippen LogP contribution in [0.2, 0.25) is 0 Å². The van der Waals surface area contributed by atoms with Gasteiger partial charge in [-0.2, -0.15) is 0 Å². The molecule has 0 aliphatic carbocycles. The number of rotatable bonds is 0. The van der Waals surface area contributed by atoms with E-state index in [-0.39, 0.29) is 34.1 Å². The van der Waals surface area contributed by atoms with Crippen molar-refractivity contribution in [1.82, 2.24) is 0 Å². The molecule has 0 saturated heterocycles. The van der Waals surface area contributed by atoms with Gasteiger partial charge in [0, 0.05) is 34.1 Å². The third-order valence-electron chi connectivity index (χ3n) is 0.887. The fourth-order valence-corrected chi connectivity index (χ4v) is 0.339. The zero-order valence-corrected chi connectivity index (χ0v) is 9.65. The summed E-state index contributed by atoms with van der Waals surface area (Å²) < 4.78 is 6.71. The van der Waals surface area contributed by atoms with Gasteiger partial charge in [0.05, 0.1) is 0 Å². The normalized spacial score (nSPS) is 7.78. The van der Waals surface area contributed by atoms with Crippen LogP contribution in [0.3, 0.4) is 0 Å². The smallest absolute Gasteiger partial charge is 0.426 e. The van der Waals surface area contributed by atoms with E-state index in [2.05, 4.69) is 9.47 Å². The topological polar surface area (TPSA) is 161 Å². The molecule has 0 heterocycles. The van der Waals surface area contributed by atoms with Crippen LogP contribution in [0, 0.1) is 0 Å². The SMILES string of the molecule is O=C(O)C(=O)OC(=O)C(=O)OC(=O)C(=O)O.[Cu].[Cu]. The predicted molar refractivity (Wildman–Crippen MR) is 37.5 cm³/mol. The summed E-state index contributed by atoms with van der Waals surface area (Å²) >= 11 is 0. The summed E-state index contributed by atoms with van der Waals surface area (Å²) in [6.07, 6.45) is 0. The number of carboxylic acids is 2. The van der Waals surface area contributed by atoms with Crippen LogP contribution in [0.25, 0.3) is 0 Å². The van der Waals surface area contributed by atoms with E-state index in [4.69, 9.17) is 10.2 Å². The molecule has 0 unspecified atom stereocenters. The van der Waals surface area contributed by atoms with Gasteiger partial charge in [0.1, 0.15) is 0 Å². The molecule has 0 fully saturated rings. The van der Waals surface area contributed by atoms with Gasteiger partial charge < -0.3 is 19.7 Å². The molecule has 0 atom stereocenters. The van der Waals surface area contributed by atoms with E-state index in [1.807, 2.05) is 0 Å². The summed E-state index contributed by atoms with van der Waals surface area (Å²) in [5, 5.41) is 15.9. The van der Waals surface area contributed by atoms with E-state index < -0.39 is 35.8 Å². The molecule has 18 heavy (non-hydrogen) atoms. The Hall–Kier alpha value is -1.74. The van der Waals surface area contributed by atoms with Crippen molar-refractivity contribution in [2.45, 2.75) is 0 Å². The second kappa shape index (κ2) is 9.31. The van der Waals surface area contributed by atoms with Crippen LogP contribution in [0.5, 0.6) is 0 Å². The Bertz CT molecular complexity index is 361.